The lowest BCUT2D eigenvalue weighted by molar-refractivity contribution is 0.0679. The van der Waals surface area contributed by atoms with Crippen LogP contribution in [0.3, 0.4) is 0 Å². The third kappa shape index (κ3) is 14.6. The van der Waals surface area contributed by atoms with Crippen LogP contribution in [-0.2, 0) is 28.2 Å². The number of aromatic nitrogens is 9. The van der Waals surface area contributed by atoms with E-state index in [1.165, 1.54) is 37.9 Å². The van der Waals surface area contributed by atoms with Crippen molar-refractivity contribution >= 4 is 45.7 Å². The summed E-state index contributed by atoms with van der Waals surface area (Å²) in [5, 5.41) is 11.7. The highest BCUT2D eigenvalue weighted by Gasteiger charge is 2.16. The van der Waals surface area contributed by atoms with Crippen LogP contribution in [0.1, 0.15) is 63.2 Å². The number of H-pyrrole nitrogens is 1. The quantitative estimate of drug-likeness (QED) is 0.0894. The predicted octanol–water partition coefficient (Wildman–Crippen LogP) is 6.48. The summed E-state index contributed by atoms with van der Waals surface area (Å²) in [7, 11) is 11.9. The zero-order valence-corrected chi connectivity index (χ0v) is 37.8. The van der Waals surface area contributed by atoms with E-state index in [1.54, 1.807) is 119 Å². The third-order valence-corrected chi connectivity index (χ3v) is 9.26. The smallest absolute Gasteiger partial charge is 0.372 e. The Balaban J connectivity index is 0.000000234. The first kappa shape index (κ1) is 52.5. The maximum Gasteiger partial charge on any atom is 0.372 e. The second kappa shape index (κ2) is 24.9. The lowest BCUT2D eigenvalue weighted by Gasteiger charge is -2.10. The van der Waals surface area contributed by atoms with Gasteiger partial charge in [0.05, 0.1) is 44.6 Å². The van der Waals surface area contributed by atoms with Crippen molar-refractivity contribution in [3.8, 4) is 28.8 Å². The monoisotopic (exact) mass is 917 g/mol. The highest BCUT2D eigenvalue weighted by atomic mass is 16.5. The van der Waals surface area contributed by atoms with Crippen molar-refractivity contribution in [1.29, 1.82) is 0 Å². The second-order valence-electron chi connectivity index (χ2n) is 14.0. The summed E-state index contributed by atoms with van der Waals surface area (Å²) in [5.41, 5.74) is 8.83. The molecular formula is C47H55N11O9. The maximum absolute atomic E-state index is 12.1. The fourth-order valence-electron chi connectivity index (χ4n) is 5.81. The van der Waals surface area contributed by atoms with E-state index in [4.69, 9.17) is 25.1 Å². The molecule has 20 heteroatoms. The number of carboxylic acid groups (broad SMARTS) is 1. The largest absolute Gasteiger partial charge is 0.497 e. The number of imidazole rings is 4. The minimum atomic E-state index is -0.998. The van der Waals surface area contributed by atoms with Crippen LogP contribution in [0, 0.1) is 0 Å². The number of Topliss-reactive ketones (excluding diaryl/α,β-unsaturated/α-hetero) is 2. The number of carbonyl (C=O) groups is 4. The van der Waals surface area contributed by atoms with Gasteiger partial charge in [-0.3, -0.25) is 19.2 Å². The minimum Gasteiger partial charge on any atom is -0.497 e. The number of pyridine rings is 1. The van der Waals surface area contributed by atoms with Crippen LogP contribution in [0.5, 0.6) is 17.2 Å². The van der Waals surface area contributed by atoms with Gasteiger partial charge in [0.1, 0.15) is 17.2 Å². The van der Waals surface area contributed by atoms with Crippen molar-refractivity contribution in [2.45, 2.75) is 21.3 Å². The highest BCUT2D eigenvalue weighted by molar-refractivity contribution is 6.08. The number of aromatic carboxylic acids is 1. The number of ketones is 2. The van der Waals surface area contributed by atoms with E-state index in [1.807, 2.05) is 41.7 Å². The number of aryl methyl sites for hydroxylation is 4. The van der Waals surface area contributed by atoms with Gasteiger partial charge in [-0.2, -0.15) is 0 Å². The Labute approximate surface area is 386 Å². The van der Waals surface area contributed by atoms with Gasteiger partial charge in [0.2, 0.25) is 5.82 Å². The van der Waals surface area contributed by atoms with Gasteiger partial charge in [0.15, 0.2) is 28.6 Å². The van der Waals surface area contributed by atoms with Crippen molar-refractivity contribution in [3.63, 3.8) is 0 Å². The van der Waals surface area contributed by atoms with E-state index < -0.39 is 5.97 Å². The molecule has 0 unspecified atom stereocenters. The summed E-state index contributed by atoms with van der Waals surface area (Å²) in [6.45, 7) is 2.93. The van der Waals surface area contributed by atoms with Gasteiger partial charge in [0.25, 0.3) is 5.91 Å². The van der Waals surface area contributed by atoms with Crippen molar-refractivity contribution in [2.24, 2.45) is 28.2 Å². The summed E-state index contributed by atoms with van der Waals surface area (Å²) < 4.78 is 22.0. The van der Waals surface area contributed by atoms with Crippen molar-refractivity contribution in [2.75, 3.05) is 32.4 Å². The summed E-state index contributed by atoms with van der Waals surface area (Å²) in [4.78, 5) is 75.8. The molecule has 352 valence electrons. The number of hydrogen-bond donors (Lipinski definition) is 4. The van der Waals surface area contributed by atoms with Crippen LogP contribution in [0.2, 0.25) is 0 Å². The number of aromatic amines is 1. The Morgan fingerprint density at radius 3 is 1.66 bits per heavy atom. The Hall–Kier alpha value is -8.81. The molecule has 1 amide bonds. The number of benzene rings is 3. The number of nitrogens with two attached hydrogens (primary N) is 1. The van der Waals surface area contributed by atoms with Crippen LogP contribution >= 0.6 is 0 Å². The lowest BCUT2D eigenvalue weighted by atomic mass is 10.1. The summed E-state index contributed by atoms with van der Waals surface area (Å²) in [6, 6.07) is 16.8. The molecule has 0 saturated heterocycles. The van der Waals surface area contributed by atoms with Gasteiger partial charge in [-0.15, -0.1) is 0 Å². The molecule has 5 heterocycles. The minimum absolute atomic E-state index is 0. The highest BCUT2D eigenvalue weighted by Crippen LogP contribution is 2.24. The number of nitrogens with one attached hydrogen (secondary N) is 2. The molecule has 0 atom stereocenters. The Morgan fingerprint density at radius 2 is 1.21 bits per heavy atom. The number of rotatable bonds is 9. The van der Waals surface area contributed by atoms with Gasteiger partial charge >= 0.3 is 5.97 Å². The number of hydrogen-bond acceptors (Lipinski definition) is 13. The van der Waals surface area contributed by atoms with E-state index in [0.717, 1.165) is 11.3 Å². The molecule has 3 aromatic carbocycles. The number of nitrogen functional groups attached to an aromatic ring is 1. The summed E-state index contributed by atoms with van der Waals surface area (Å²) in [6.07, 6.45) is 15.2. The van der Waals surface area contributed by atoms with Crippen LogP contribution in [0.15, 0.2) is 121 Å². The van der Waals surface area contributed by atoms with Crippen molar-refractivity contribution < 1.29 is 38.5 Å². The van der Waals surface area contributed by atoms with E-state index in [9.17, 15) is 24.0 Å². The average Bonchev–Trinajstić information content (AvgIpc) is 4.14. The first-order chi connectivity index (χ1) is 31.5. The molecule has 67 heavy (non-hydrogen) atoms. The lowest BCUT2D eigenvalue weighted by Crippen LogP contribution is -2.18. The molecule has 0 bridgehead atoms. The number of methoxy groups -OCH3 is 3. The number of fused-ring (bicyclic) bond motifs is 1. The molecule has 0 fully saturated rings. The van der Waals surface area contributed by atoms with E-state index >= 15 is 0 Å². The molecule has 0 aliphatic carbocycles. The topological polar surface area (TPSA) is 258 Å². The van der Waals surface area contributed by atoms with Crippen molar-refractivity contribution in [3.05, 3.63) is 150 Å². The van der Waals surface area contributed by atoms with Gasteiger partial charge in [-0.05, 0) is 50.2 Å². The predicted molar refractivity (Wildman–Crippen MR) is 255 cm³/mol. The number of ether oxygens (including phenoxy) is 3. The Morgan fingerprint density at radius 1 is 0.672 bits per heavy atom. The molecule has 5 aromatic heterocycles. The zero-order valence-electron chi connectivity index (χ0n) is 37.8. The molecule has 8 aromatic rings. The van der Waals surface area contributed by atoms with E-state index in [0.29, 0.717) is 50.8 Å². The first-order valence-corrected chi connectivity index (χ1v) is 19.7. The molecular weight excluding hydrogens is 863 g/mol. The van der Waals surface area contributed by atoms with E-state index in [-0.39, 0.29) is 42.0 Å². The number of nitrogens with zero attached hydrogens (tertiary/aromatic N) is 8. The number of carboxylic acids is 1. The average molecular weight is 918 g/mol. The van der Waals surface area contributed by atoms with Gasteiger partial charge in [-0.25, -0.2) is 24.7 Å². The van der Waals surface area contributed by atoms with Crippen LogP contribution in [0.25, 0.3) is 22.4 Å². The van der Waals surface area contributed by atoms with E-state index in [2.05, 4.69) is 30.2 Å². The van der Waals surface area contributed by atoms with Gasteiger partial charge in [-0.1, -0.05) is 7.43 Å². The SMILES string of the molecule is C.COc1ccc(C(C)=O)c(N)c1.COc1ccc(C(C)=O)c(NC(=O)c2nccn2C)c1.COc1ccc2c(=O)cc(-c3nccn3C)[nH]c2c1.Cn1ccnc1.Cn1ccnc1C(=O)O. The van der Waals surface area contributed by atoms with Crippen LogP contribution in [0.4, 0.5) is 11.4 Å². The number of carbonyl (C=O) groups excluding carboxylic acids is 3. The molecule has 0 saturated carbocycles. The zero-order chi connectivity index (χ0) is 48.5. The third-order valence-electron chi connectivity index (χ3n) is 9.26. The Kier molecular flexibility index (Phi) is 19.5. The summed E-state index contributed by atoms with van der Waals surface area (Å²) in [5.74, 6) is 1.44. The van der Waals surface area contributed by atoms with Crippen molar-refractivity contribution in [1.82, 2.24) is 43.2 Å². The molecule has 8 rings (SSSR count). The Bertz CT molecular complexity index is 2970. The van der Waals surface area contributed by atoms with Gasteiger partial charge in [0, 0.05) is 124 Å². The standard InChI is InChI=1S/C14H15N3O3.C14H13N3O2.C9H11NO2.C5H6N2O2.C4H6N2.CH4/c1-9(18)11-5-4-10(20-3)8-12(11)16-14(19)13-15-6-7-17(13)2;1-17-6-5-15-14(17)12-8-13(18)10-4-3-9(19-2)7-11(10)16-12;1-6(11)8-4-3-7(12-2)5-9(8)10;1-7-3-2-6-4(7)5(8)9;1-6-3-2-5-4-6;/h4-8H,1-3H3,(H,16,19);3-8H,1-2H3,(H,16,18);3-5H,10H2,1-2H3;2-3H,1H3,(H,8,9);2-4H,1H3;1H4. The van der Waals surface area contributed by atoms with Gasteiger partial charge < -0.3 is 53.6 Å². The fourth-order valence-corrected chi connectivity index (χ4v) is 5.81. The molecule has 0 aliphatic rings. The molecule has 5 N–H and O–H groups in total. The molecule has 0 spiro atoms. The molecule has 0 radical (unpaired) electrons. The number of anilines is 2. The maximum atomic E-state index is 12.1. The second-order valence-corrected chi connectivity index (χ2v) is 14.0. The molecule has 0 aliphatic heterocycles. The van der Waals surface area contributed by atoms with Crippen LogP contribution < -0.4 is 30.7 Å². The first-order valence-electron chi connectivity index (χ1n) is 19.7. The van der Waals surface area contributed by atoms with Crippen LogP contribution in [-0.4, -0.2) is 93.1 Å². The normalized spacial score (nSPS) is 9.87. The number of amides is 1. The molecule has 20 nitrogen and oxygen atoms in total. The fraction of sp³-hybridized carbons (Fsp3) is 0.213. The summed E-state index contributed by atoms with van der Waals surface area (Å²) >= 11 is 0.